The molecule has 1 heterocycles. The average molecular weight is 210 g/mol. The van der Waals surface area contributed by atoms with E-state index in [1.54, 1.807) is 7.11 Å². The lowest BCUT2D eigenvalue weighted by atomic mass is 10.1. The molecule has 15 heavy (non-hydrogen) atoms. The fourth-order valence-electron chi connectivity index (χ4n) is 1.54. The van der Waals surface area contributed by atoms with Gasteiger partial charge in [-0.05, 0) is 13.3 Å². The van der Waals surface area contributed by atoms with Crippen LogP contribution in [0.3, 0.4) is 0 Å². The second kappa shape index (κ2) is 5.66. The van der Waals surface area contributed by atoms with E-state index < -0.39 is 0 Å². The van der Waals surface area contributed by atoms with Gasteiger partial charge in [0.15, 0.2) is 0 Å². The van der Waals surface area contributed by atoms with Gasteiger partial charge in [-0.2, -0.15) is 0 Å². The van der Waals surface area contributed by atoms with Crippen LogP contribution in [-0.2, 0) is 6.42 Å². The first-order chi connectivity index (χ1) is 7.19. The van der Waals surface area contributed by atoms with E-state index in [4.69, 9.17) is 4.74 Å². The van der Waals surface area contributed by atoms with E-state index in [-0.39, 0.29) is 6.10 Å². The predicted molar refractivity (Wildman–Crippen MR) is 57.9 cm³/mol. The number of aliphatic hydroxyl groups is 1. The van der Waals surface area contributed by atoms with Crippen LogP contribution >= 0.6 is 0 Å². The highest BCUT2D eigenvalue weighted by Crippen LogP contribution is 2.17. The number of hydrogen-bond donors (Lipinski definition) is 1. The number of methoxy groups -OCH3 is 1. The molecule has 0 fully saturated rings. The number of nitrogens with zero attached hydrogens (tertiary/aromatic N) is 2. The normalized spacial score (nSPS) is 12.5. The number of rotatable bonds is 5. The molecule has 0 radical (unpaired) electrons. The van der Waals surface area contributed by atoms with E-state index >= 15 is 0 Å². The molecule has 84 valence electrons. The van der Waals surface area contributed by atoms with Crippen molar-refractivity contribution >= 4 is 0 Å². The van der Waals surface area contributed by atoms with E-state index in [0.29, 0.717) is 12.3 Å². The Bertz CT molecular complexity index is 315. The van der Waals surface area contributed by atoms with Crippen molar-refractivity contribution < 1.29 is 9.84 Å². The molecule has 0 aliphatic rings. The van der Waals surface area contributed by atoms with Crippen LogP contribution in [0.4, 0.5) is 0 Å². The van der Waals surface area contributed by atoms with Gasteiger partial charge >= 0.3 is 0 Å². The van der Waals surface area contributed by atoms with Crippen molar-refractivity contribution in [1.29, 1.82) is 0 Å². The molecule has 1 rings (SSSR count). The lowest BCUT2D eigenvalue weighted by molar-refractivity contribution is 0.162. The van der Waals surface area contributed by atoms with Gasteiger partial charge in [0.25, 0.3) is 0 Å². The lowest BCUT2D eigenvalue weighted by Crippen LogP contribution is -2.12. The molecule has 4 heteroatoms. The Hall–Kier alpha value is -1.16. The molecule has 1 atom stereocenters. The summed E-state index contributed by atoms with van der Waals surface area (Å²) in [6.45, 7) is 3.96. The van der Waals surface area contributed by atoms with Crippen molar-refractivity contribution in [2.24, 2.45) is 0 Å². The highest BCUT2D eigenvalue weighted by Gasteiger charge is 2.11. The Morgan fingerprint density at radius 3 is 2.80 bits per heavy atom. The molecular weight excluding hydrogens is 192 g/mol. The molecule has 0 bridgehead atoms. The first kappa shape index (κ1) is 11.9. The van der Waals surface area contributed by atoms with Crippen molar-refractivity contribution in [2.75, 3.05) is 7.11 Å². The van der Waals surface area contributed by atoms with Crippen molar-refractivity contribution in [1.82, 2.24) is 9.97 Å². The standard InChI is InChI=1S/C11H18N2O2/c1-4-5-9(14)6-10-8(2)11(15-3)13-7-12-10/h7,9,14H,4-6H2,1-3H3. The van der Waals surface area contributed by atoms with E-state index in [2.05, 4.69) is 16.9 Å². The zero-order chi connectivity index (χ0) is 11.3. The molecule has 0 aliphatic carbocycles. The van der Waals surface area contributed by atoms with Gasteiger partial charge in [0, 0.05) is 12.0 Å². The second-order valence-corrected chi connectivity index (χ2v) is 3.60. The van der Waals surface area contributed by atoms with E-state index in [0.717, 1.165) is 24.1 Å². The molecule has 1 N–H and O–H groups in total. The molecule has 4 nitrogen and oxygen atoms in total. The first-order valence-electron chi connectivity index (χ1n) is 5.21. The molecular formula is C11H18N2O2. The molecule has 0 saturated heterocycles. The quantitative estimate of drug-likeness (QED) is 0.800. The van der Waals surface area contributed by atoms with Gasteiger partial charge in [-0.25, -0.2) is 9.97 Å². The number of hydrogen-bond acceptors (Lipinski definition) is 4. The van der Waals surface area contributed by atoms with Crippen LogP contribution < -0.4 is 4.74 Å². The monoisotopic (exact) mass is 210 g/mol. The number of ether oxygens (including phenoxy) is 1. The SMILES string of the molecule is CCCC(O)Cc1ncnc(OC)c1C. The van der Waals surface area contributed by atoms with Crippen LogP contribution in [0.2, 0.25) is 0 Å². The molecule has 0 saturated carbocycles. The summed E-state index contributed by atoms with van der Waals surface area (Å²) in [5.41, 5.74) is 1.78. The lowest BCUT2D eigenvalue weighted by Gasteiger charge is -2.11. The minimum Gasteiger partial charge on any atom is -0.481 e. The summed E-state index contributed by atoms with van der Waals surface area (Å²) in [6.07, 6.45) is 3.49. The van der Waals surface area contributed by atoms with Gasteiger partial charge in [-0.15, -0.1) is 0 Å². The Kier molecular flexibility index (Phi) is 4.49. The van der Waals surface area contributed by atoms with Crippen LogP contribution in [0, 0.1) is 6.92 Å². The molecule has 0 aliphatic heterocycles. The van der Waals surface area contributed by atoms with Crippen LogP contribution in [-0.4, -0.2) is 28.3 Å². The molecule has 0 amide bonds. The van der Waals surface area contributed by atoms with E-state index in [1.165, 1.54) is 6.33 Å². The van der Waals surface area contributed by atoms with Gasteiger partial charge in [0.05, 0.1) is 18.9 Å². The molecule has 0 spiro atoms. The number of aliphatic hydroxyl groups excluding tert-OH is 1. The largest absolute Gasteiger partial charge is 0.481 e. The first-order valence-corrected chi connectivity index (χ1v) is 5.21. The highest BCUT2D eigenvalue weighted by molar-refractivity contribution is 5.28. The fourth-order valence-corrected chi connectivity index (χ4v) is 1.54. The Labute approximate surface area is 90.3 Å². The Balaban J connectivity index is 2.76. The molecule has 1 unspecified atom stereocenters. The third kappa shape index (κ3) is 3.16. The summed E-state index contributed by atoms with van der Waals surface area (Å²) in [7, 11) is 1.58. The summed E-state index contributed by atoms with van der Waals surface area (Å²) in [5, 5.41) is 9.69. The van der Waals surface area contributed by atoms with Crippen molar-refractivity contribution in [3.63, 3.8) is 0 Å². The van der Waals surface area contributed by atoms with Gasteiger partial charge in [0.1, 0.15) is 6.33 Å². The van der Waals surface area contributed by atoms with Crippen molar-refractivity contribution in [3.8, 4) is 5.88 Å². The Morgan fingerprint density at radius 1 is 1.47 bits per heavy atom. The minimum atomic E-state index is -0.326. The second-order valence-electron chi connectivity index (χ2n) is 3.60. The number of aromatic nitrogens is 2. The van der Waals surface area contributed by atoms with Crippen LogP contribution in [0.5, 0.6) is 5.88 Å². The summed E-state index contributed by atoms with van der Waals surface area (Å²) in [6, 6.07) is 0. The van der Waals surface area contributed by atoms with E-state index in [1.807, 2.05) is 6.92 Å². The summed E-state index contributed by atoms with van der Waals surface area (Å²) < 4.78 is 5.09. The minimum absolute atomic E-state index is 0.326. The predicted octanol–water partition coefficient (Wildman–Crippen LogP) is 1.50. The van der Waals surface area contributed by atoms with E-state index in [9.17, 15) is 5.11 Å². The van der Waals surface area contributed by atoms with Gasteiger partial charge < -0.3 is 9.84 Å². The zero-order valence-electron chi connectivity index (χ0n) is 9.53. The van der Waals surface area contributed by atoms with Crippen molar-refractivity contribution in [2.45, 2.75) is 39.2 Å². The molecule has 1 aromatic rings. The van der Waals surface area contributed by atoms with Gasteiger partial charge in [-0.1, -0.05) is 13.3 Å². The molecule has 0 aromatic carbocycles. The fraction of sp³-hybridized carbons (Fsp3) is 0.636. The summed E-state index contributed by atoms with van der Waals surface area (Å²) in [4.78, 5) is 8.15. The molecule has 1 aromatic heterocycles. The maximum Gasteiger partial charge on any atom is 0.219 e. The maximum atomic E-state index is 9.69. The van der Waals surface area contributed by atoms with Crippen LogP contribution in [0.25, 0.3) is 0 Å². The maximum absolute atomic E-state index is 9.69. The average Bonchev–Trinajstić information content (AvgIpc) is 2.21. The van der Waals surface area contributed by atoms with Crippen LogP contribution in [0.1, 0.15) is 31.0 Å². The smallest absolute Gasteiger partial charge is 0.219 e. The summed E-state index contributed by atoms with van der Waals surface area (Å²) in [5.74, 6) is 0.587. The van der Waals surface area contributed by atoms with Crippen LogP contribution in [0.15, 0.2) is 6.33 Å². The third-order valence-electron chi connectivity index (χ3n) is 2.39. The van der Waals surface area contributed by atoms with Gasteiger partial charge in [-0.3, -0.25) is 0 Å². The summed E-state index contributed by atoms with van der Waals surface area (Å²) >= 11 is 0. The zero-order valence-corrected chi connectivity index (χ0v) is 9.53. The topological polar surface area (TPSA) is 55.2 Å². The highest BCUT2D eigenvalue weighted by atomic mass is 16.5. The third-order valence-corrected chi connectivity index (χ3v) is 2.39. The Morgan fingerprint density at radius 2 is 2.20 bits per heavy atom. The van der Waals surface area contributed by atoms with Crippen molar-refractivity contribution in [3.05, 3.63) is 17.6 Å². The van der Waals surface area contributed by atoms with Gasteiger partial charge in [0.2, 0.25) is 5.88 Å².